The van der Waals surface area contributed by atoms with Crippen molar-refractivity contribution in [1.82, 2.24) is 9.97 Å². The summed E-state index contributed by atoms with van der Waals surface area (Å²) in [5, 5.41) is 9.97. The van der Waals surface area contributed by atoms with Crippen LogP contribution in [0.3, 0.4) is 0 Å². The number of H-pyrrole nitrogens is 1. The Labute approximate surface area is 163 Å². The summed E-state index contributed by atoms with van der Waals surface area (Å²) in [5.74, 6) is -0.127. The number of phenols is 1. The van der Waals surface area contributed by atoms with Gasteiger partial charge in [-0.25, -0.2) is 9.37 Å². The standard InChI is InChI=1S/C22H14F4N2O/c23-17-12-19-18(11-16(17)15-3-1-2-4-20(15)29)27-21(28-19)10-7-13-5-8-14(9-6-13)22(24,25)26/h1-12,29H,(H,27,28)/b10-7+. The van der Waals surface area contributed by atoms with Gasteiger partial charge in [0.25, 0.3) is 0 Å². The third kappa shape index (κ3) is 3.85. The van der Waals surface area contributed by atoms with E-state index in [1.54, 1.807) is 30.4 Å². The van der Waals surface area contributed by atoms with E-state index in [4.69, 9.17) is 0 Å². The van der Waals surface area contributed by atoms with E-state index in [-0.39, 0.29) is 11.3 Å². The molecule has 7 heteroatoms. The summed E-state index contributed by atoms with van der Waals surface area (Å²) in [6, 6.07) is 14.0. The number of aromatic hydroxyl groups is 1. The summed E-state index contributed by atoms with van der Waals surface area (Å²) in [6.45, 7) is 0. The molecule has 4 aromatic rings. The Bertz CT molecular complexity index is 1210. The average molecular weight is 398 g/mol. The number of alkyl halides is 3. The van der Waals surface area contributed by atoms with Crippen molar-refractivity contribution in [2.45, 2.75) is 6.18 Å². The number of aromatic amines is 1. The number of hydrogen-bond acceptors (Lipinski definition) is 2. The van der Waals surface area contributed by atoms with Crippen LogP contribution in [0.15, 0.2) is 60.7 Å². The Kier molecular flexibility index (Phi) is 4.58. The molecule has 1 heterocycles. The van der Waals surface area contributed by atoms with Gasteiger partial charge in [-0.1, -0.05) is 36.4 Å². The molecule has 0 spiro atoms. The first-order valence-electron chi connectivity index (χ1n) is 8.64. The van der Waals surface area contributed by atoms with E-state index in [9.17, 15) is 22.7 Å². The minimum atomic E-state index is -4.38. The molecule has 29 heavy (non-hydrogen) atoms. The minimum absolute atomic E-state index is 0.0382. The van der Waals surface area contributed by atoms with Crippen molar-refractivity contribution in [3.05, 3.63) is 83.4 Å². The van der Waals surface area contributed by atoms with Crippen LogP contribution < -0.4 is 0 Å². The second-order valence-electron chi connectivity index (χ2n) is 6.44. The highest BCUT2D eigenvalue weighted by Gasteiger charge is 2.29. The zero-order valence-corrected chi connectivity index (χ0v) is 14.8. The summed E-state index contributed by atoms with van der Waals surface area (Å²) >= 11 is 0. The van der Waals surface area contributed by atoms with Gasteiger partial charge < -0.3 is 10.1 Å². The van der Waals surface area contributed by atoms with E-state index in [1.165, 1.54) is 30.3 Å². The van der Waals surface area contributed by atoms with Crippen molar-refractivity contribution in [3.8, 4) is 16.9 Å². The number of phenolic OH excluding ortho intramolecular Hbond substituents is 1. The van der Waals surface area contributed by atoms with Crippen molar-refractivity contribution in [1.29, 1.82) is 0 Å². The van der Waals surface area contributed by atoms with Crippen LogP contribution in [-0.4, -0.2) is 15.1 Å². The molecule has 2 N–H and O–H groups in total. The number of aromatic nitrogens is 2. The maximum atomic E-state index is 14.5. The molecule has 0 aliphatic rings. The number of nitrogens with one attached hydrogen (secondary N) is 1. The highest BCUT2D eigenvalue weighted by atomic mass is 19.4. The number of imidazole rings is 1. The predicted octanol–water partition coefficient (Wildman–Crippen LogP) is 6.26. The Morgan fingerprint density at radius 2 is 1.62 bits per heavy atom. The topological polar surface area (TPSA) is 48.9 Å². The molecular weight excluding hydrogens is 384 g/mol. The first-order chi connectivity index (χ1) is 13.8. The molecule has 0 atom stereocenters. The molecule has 0 fully saturated rings. The van der Waals surface area contributed by atoms with Gasteiger partial charge in [-0.15, -0.1) is 0 Å². The fourth-order valence-corrected chi connectivity index (χ4v) is 3.00. The van der Waals surface area contributed by atoms with Gasteiger partial charge in [0, 0.05) is 17.2 Å². The van der Waals surface area contributed by atoms with Crippen LogP contribution in [0, 0.1) is 5.82 Å². The van der Waals surface area contributed by atoms with Crippen LogP contribution in [0.1, 0.15) is 17.0 Å². The summed E-state index contributed by atoms with van der Waals surface area (Å²) in [4.78, 5) is 7.33. The van der Waals surface area contributed by atoms with Gasteiger partial charge in [-0.05, 0) is 35.9 Å². The Balaban J connectivity index is 1.64. The van der Waals surface area contributed by atoms with Crippen molar-refractivity contribution in [2.75, 3.05) is 0 Å². The summed E-state index contributed by atoms with van der Waals surface area (Å²) in [5.41, 5.74) is 1.40. The highest BCUT2D eigenvalue weighted by Crippen LogP contribution is 2.33. The van der Waals surface area contributed by atoms with Gasteiger partial charge in [-0.2, -0.15) is 13.2 Å². The maximum absolute atomic E-state index is 14.5. The second-order valence-corrected chi connectivity index (χ2v) is 6.44. The molecule has 3 nitrogen and oxygen atoms in total. The van der Waals surface area contributed by atoms with Crippen LogP contribution in [-0.2, 0) is 6.18 Å². The average Bonchev–Trinajstić information content (AvgIpc) is 3.07. The van der Waals surface area contributed by atoms with E-state index in [0.717, 1.165) is 12.1 Å². The van der Waals surface area contributed by atoms with Gasteiger partial charge in [0.2, 0.25) is 0 Å². The number of para-hydroxylation sites is 1. The molecule has 0 radical (unpaired) electrons. The molecule has 1 aromatic heterocycles. The zero-order chi connectivity index (χ0) is 20.6. The van der Waals surface area contributed by atoms with Crippen LogP contribution in [0.4, 0.5) is 17.6 Å². The SMILES string of the molecule is Oc1ccccc1-c1cc2nc(/C=C/c3ccc(C(F)(F)F)cc3)[nH]c2cc1F. The number of benzene rings is 3. The molecule has 3 aromatic carbocycles. The predicted molar refractivity (Wildman–Crippen MR) is 104 cm³/mol. The lowest BCUT2D eigenvalue weighted by Crippen LogP contribution is -2.03. The molecule has 0 aliphatic carbocycles. The van der Waals surface area contributed by atoms with E-state index >= 15 is 0 Å². The van der Waals surface area contributed by atoms with Crippen molar-refractivity contribution in [3.63, 3.8) is 0 Å². The molecule has 4 rings (SSSR count). The number of nitrogens with zero attached hydrogens (tertiary/aromatic N) is 1. The highest BCUT2D eigenvalue weighted by molar-refractivity contribution is 5.85. The van der Waals surface area contributed by atoms with E-state index in [0.29, 0.717) is 28.0 Å². The van der Waals surface area contributed by atoms with Gasteiger partial charge in [-0.3, -0.25) is 0 Å². The van der Waals surface area contributed by atoms with Crippen molar-refractivity contribution >= 4 is 23.2 Å². The Hall–Kier alpha value is -3.61. The van der Waals surface area contributed by atoms with Gasteiger partial charge in [0.15, 0.2) is 0 Å². The number of rotatable bonds is 3. The summed E-state index contributed by atoms with van der Waals surface area (Å²) in [7, 11) is 0. The lowest BCUT2D eigenvalue weighted by atomic mass is 10.0. The third-order valence-corrected chi connectivity index (χ3v) is 4.45. The zero-order valence-electron chi connectivity index (χ0n) is 14.8. The third-order valence-electron chi connectivity index (χ3n) is 4.45. The number of hydrogen-bond donors (Lipinski definition) is 2. The molecule has 0 aliphatic heterocycles. The Morgan fingerprint density at radius 3 is 2.31 bits per heavy atom. The molecule has 0 saturated carbocycles. The van der Waals surface area contributed by atoms with Crippen LogP contribution in [0.5, 0.6) is 5.75 Å². The monoisotopic (exact) mass is 398 g/mol. The first-order valence-corrected chi connectivity index (χ1v) is 8.64. The molecule has 0 bridgehead atoms. The van der Waals surface area contributed by atoms with Gasteiger partial charge in [0.1, 0.15) is 17.4 Å². The van der Waals surface area contributed by atoms with Crippen LogP contribution >= 0.6 is 0 Å². The Morgan fingerprint density at radius 1 is 0.897 bits per heavy atom. The van der Waals surface area contributed by atoms with Gasteiger partial charge >= 0.3 is 6.18 Å². The van der Waals surface area contributed by atoms with Crippen LogP contribution in [0.2, 0.25) is 0 Å². The lowest BCUT2D eigenvalue weighted by molar-refractivity contribution is -0.137. The fraction of sp³-hybridized carbons (Fsp3) is 0.0455. The van der Waals surface area contributed by atoms with Crippen molar-refractivity contribution in [2.24, 2.45) is 0 Å². The smallest absolute Gasteiger partial charge is 0.416 e. The fourth-order valence-electron chi connectivity index (χ4n) is 3.00. The van der Waals surface area contributed by atoms with E-state index in [1.807, 2.05) is 0 Å². The summed E-state index contributed by atoms with van der Waals surface area (Å²) < 4.78 is 52.4. The second kappa shape index (κ2) is 7.09. The minimum Gasteiger partial charge on any atom is -0.507 e. The molecule has 0 amide bonds. The number of fused-ring (bicyclic) bond motifs is 1. The molecule has 146 valence electrons. The van der Waals surface area contributed by atoms with E-state index in [2.05, 4.69) is 9.97 Å². The maximum Gasteiger partial charge on any atom is 0.416 e. The normalized spacial score (nSPS) is 12.1. The number of halogens is 4. The molecule has 0 unspecified atom stereocenters. The van der Waals surface area contributed by atoms with Gasteiger partial charge in [0.05, 0.1) is 16.6 Å². The van der Waals surface area contributed by atoms with Crippen molar-refractivity contribution < 1.29 is 22.7 Å². The molecular formula is C22H14F4N2O. The quantitative estimate of drug-likeness (QED) is 0.400. The first kappa shape index (κ1) is 18.7. The van der Waals surface area contributed by atoms with E-state index < -0.39 is 17.6 Å². The van der Waals surface area contributed by atoms with Crippen LogP contribution in [0.25, 0.3) is 34.3 Å². The molecule has 0 saturated heterocycles. The summed E-state index contributed by atoms with van der Waals surface area (Å²) in [6.07, 6.45) is -1.17. The largest absolute Gasteiger partial charge is 0.507 e. The lowest BCUT2D eigenvalue weighted by Gasteiger charge is -2.05.